The molecule has 0 bridgehead atoms. The Morgan fingerprint density at radius 3 is 2.23 bits per heavy atom. The molecule has 3 aromatic rings. The van der Waals surface area contributed by atoms with Crippen LogP contribution in [0.3, 0.4) is 0 Å². The topological polar surface area (TPSA) is 74.3 Å². The molecule has 0 unspecified atom stereocenters. The minimum Gasteiger partial charge on any atom is -0.337 e. The summed E-state index contributed by atoms with van der Waals surface area (Å²) in [6.07, 6.45) is 12.7. The number of rotatable bonds is 12. The van der Waals surface area contributed by atoms with E-state index in [1.54, 1.807) is 17.5 Å². The van der Waals surface area contributed by atoms with Crippen LogP contribution in [-0.4, -0.2) is 40.7 Å². The normalized spacial score (nSPS) is 12.9. The smallest absolute Gasteiger partial charge is 0.265 e. The molecule has 0 atom stereocenters. The molecule has 6 nitrogen and oxygen atoms in total. The number of benzene rings is 1. The maximum Gasteiger partial charge on any atom is 0.265 e. The van der Waals surface area contributed by atoms with Gasteiger partial charge in [-0.2, -0.15) is 0 Å². The molecular weight excluding hydrogens is 601 g/mol. The van der Waals surface area contributed by atoms with Crippen molar-refractivity contribution in [3.05, 3.63) is 92.5 Å². The number of pyridine rings is 1. The van der Waals surface area contributed by atoms with Gasteiger partial charge in [0.05, 0.1) is 10.6 Å². The molecule has 0 fully saturated rings. The van der Waals surface area contributed by atoms with Gasteiger partial charge in [-0.25, -0.2) is 4.98 Å². The molecule has 2 heterocycles. The summed E-state index contributed by atoms with van der Waals surface area (Å²) in [4.78, 5) is 34.4. The first-order valence-electron chi connectivity index (χ1n) is 17.4. The molecule has 1 aliphatic carbocycles. The van der Waals surface area contributed by atoms with Crippen LogP contribution in [0.25, 0.3) is 5.57 Å². The zero-order valence-electron chi connectivity index (χ0n) is 30.5. The lowest BCUT2D eigenvalue weighted by Gasteiger charge is -2.24. The summed E-state index contributed by atoms with van der Waals surface area (Å²) in [6.45, 7) is 23.0. The van der Waals surface area contributed by atoms with E-state index >= 15 is 0 Å². The van der Waals surface area contributed by atoms with Crippen LogP contribution in [0.4, 0.5) is 11.5 Å². The van der Waals surface area contributed by atoms with Crippen molar-refractivity contribution < 1.29 is 9.59 Å². The molecule has 1 aliphatic rings. The lowest BCUT2D eigenvalue weighted by atomic mass is 9.97. The van der Waals surface area contributed by atoms with Crippen LogP contribution >= 0.6 is 11.3 Å². The molecule has 0 radical (unpaired) electrons. The molecule has 1 aromatic carbocycles. The molecule has 256 valence electrons. The molecule has 0 saturated heterocycles. The number of thiophene rings is 1. The third kappa shape index (κ3) is 12.2. The van der Waals surface area contributed by atoms with Crippen LogP contribution in [0, 0.1) is 13.8 Å². The van der Waals surface area contributed by atoms with Gasteiger partial charge < -0.3 is 15.5 Å². The molecule has 7 heteroatoms. The number of carbonyl (C=O) groups is 2. The monoisotopic (exact) mass is 658 g/mol. The Labute approximate surface area is 288 Å². The zero-order chi connectivity index (χ0) is 34.9. The quantitative estimate of drug-likeness (QED) is 0.150. The zero-order valence-corrected chi connectivity index (χ0v) is 31.4. The highest BCUT2D eigenvalue weighted by Crippen LogP contribution is 2.32. The summed E-state index contributed by atoms with van der Waals surface area (Å²) in [5.41, 5.74) is 6.38. The van der Waals surface area contributed by atoms with Gasteiger partial charge in [0.2, 0.25) is 0 Å². The predicted molar refractivity (Wildman–Crippen MR) is 204 cm³/mol. The van der Waals surface area contributed by atoms with Crippen molar-refractivity contribution in [1.29, 1.82) is 0 Å². The second-order valence-corrected chi connectivity index (χ2v) is 13.2. The van der Waals surface area contributed by atoms with Crippen LogP contribution in [0.2, 0.25) is 0 Å². The number of ketones is 1. The van der Waals surface area contributed by atoms with Gasteiger partial charge in [0.25, 0.3) is 5.91 Å². The average molecular weight is 659 g/mol. The number of aryl methyl sites for hydroxylation is 3. The fraction of sp³-hybridized carbons (Fsp3) is 0.475. The average Bonchev–Trinajstić information content (AvgIpc) is 3.51. The number of nitrogens with zero attached hydrogens (tertiary/aromatic N) is 2. The first kappa shape index (κ1) is 39.6. The number of amides is 1. The fourth-order valence-electron chi connectivity index (χ4n) is 5.45. The van der Waals surface area contributed by atoms with Crippen LogP contribution in [-0.2, 0) is 17.6 Å². The number of Topliss-reactive ketones (excluding diaryl/α,β-unsaturated/α-hetero) is 1. The highest BCUT2D eigenvalue weighted by Gasteiger charge is 2.19. The van der Waals surface area contributed by atoms with Crippen molar-refractivity contribution in [1.82, 2.24) is 9.88 Å². The predicted octanol–water partition coefficient (Wildman–Crippen LogP) is 10.4. The third-order valence-corrected chi connectivity index (χ3v) is 9.27. The number of hydrogen-bond acceptors (Lipinski definition) is 6. The lowest BCUT2D eigenvalue weighted by molar-refractivity contribution is -0.113. The van der Waals surface area contributed by atoms with E-state index in [9.17, 15) is 9.59 Å². The SMILES string of the molecule is C/C=C(\C=C(\Nc1ccc(C)cn1)C(C)=O)c1cccc(NC(=O)c2cc3c(s2)CCCC3)c1C.CC.CCCN(CCC)C(C)C. The van der Waals surface area contributed by atoms with E-state index < -0.39 is 0 Å². The Balaban J connectivity index is 0.000000549. The van der Waals surface area contributed by atoms with Gasteiger partial charge in [-0.15, -0.1) is 11.3 Å². The molecule has 0 aliphatic heterocycles. The van der Waals surface area contributed by atoms with E-state index in [0.717, 1.165) is 51.7 Å². The van der Waals surface area contributed by atoms with Crippen molar-refractivity contribution in [2.45, 2.75) is 114 Å². The molecular formula is C40H58N4O2S. The lowest BCUT2D eigenvalue weighted by Crippen LogP contribution is -2.32. The summed E-state index contributed by atoms with van der Waals surface area (Å²) in [5.74, 6) is 0.457. The summed E-state index contributed by atoms with van der Waals surface area (Å²) >= 11 is 1.61. The number of nitrogens with one attached hydrogen (secondary N) is 2. The Morgan fingerprint density at radius 2 is 1.68 bits per heavy atom. The number of aromatic nitrogens is 1. The van der Waals surface area contributed by atoms with E-state index in [1.807, 2.05) is 77.1 Å². The fourth-order valence-corrected chi connectivity index (χ4v) is 6.60. The molecule has 0 saturated carbocycles. The van der Waals surface area contributed by atoms with Gasteiger partial charge in [-0.3, -0.25) is 9.59 Å². The van der Waals surface area contributed by atoms with Crippen LogP contribution in [0.1, 0.15) is 118 Å². The number of fused-ring (bicyclic) bond motifs is 1. The van der Waals surface area contributed by atoms with Crippen molar-refractivity contribution in [2.75, 3.05) is 23.7 Å². The third-order valence-electron chi connectivity index (χ3n) is 8.03. The van der Waals surface area contributed by atoms with Crippen molar-refractivity contribution in [2.24, 2.45) is 0 Å². The molecule has 47 heavy (non-hydrogen) atoms. The Bertz CT molecular complexity index is 1450. The highest BCUT2D eigenvalue weighted by atomic mass is 32.1. The minimum atomic E-state index is -0.0875. The maximum absolute atomic E-state index is 13.0. The first-order valence-corrected chi connectivity index (χ1v) is 18.2. The number of anilines is 2. The minimum absolute atomic E-state index is 0.0706. The highest BCUT2D eigenvalue weighted by molar-refractivity contribution is 7.14. The van der Waals surface area contributed by atoms with E-state index in [2.05, 4.69) is 54.3 Å². The summed E-state index contributed by atoms with van der Waals surface area (Å²) in [6, 6.07) is 12.4. The van der Waals surface area contributed by atoms with E-state index in [4.69, 9.17) is 0 Å². The number of allylic oxidation sites excluding steroid dienone is 4. The second-order valence-electron chi connectivity index (χ2n) is 12.0. The van der Waals surface area contributed by atoms with Crippen LogP contribution in [0.5, 0.6) is 0 Å². The van der Waals surface area contributed by atoms with Gasteiger partial charge in [0.15, 0.2) is 5.78 Å². The van der Waals surface area contributed by atoms with Gasteiger partial charge in [0.1, 0.15) is 5.82 Å². The van der Waals surface area contributed by atoms with Crippen LogP contribution in [0.15, 0.2) is 60.4 Å². The van der Waals surface area contributed by atoms with Gasteiger partial charge in [-0.1, -0.05) is 52.0 Å². The number of carbonyl (C=O) groups excluding carboxylic acids is 2. The molecule has 2 N–H and O–H groups in total. The second kappa shape index (κ2) is 20.6. The standard InChI is InChI=1S/C29H31N3O2S.C9H21N.C2H6/c1-5-21(15-25(20(4)33)31-28-14-13-18(2)17-30-28)23-10-8-11-24(19(23)3)32-29(34)27-16-22-9-6-7-12-26(22)35-27;1-5-7-10(8-6-2)9(3)4;1-2/h5,8,10-11,13-17H,6-7,9,12H2,1-4H3,(H,30,31)(H,32,34);9H,5-8H2,1-4H3;1-2H3/b21-5+,25-15+;;. The Kier molecular flexibility index (Phi) is 17.4. The molecule has 0 spiro atoms. The molecule has 1 amide bonds. The van der Waals surface area contributed by atoms with Crippen molar-refractivity contribution in [3.8, 4) is 0 Å². The van der Waals surface area contributed by atoms with Crippen LogP contribution < -0.4 is 10.6 Å². The Morgan fingerprint density at radius 1 is 1.00 bits per heavy atom. The number of hydrogen-bond donors (Lipinski definition) is 2. The van der Waals surface area contributed by atoms with Gasteiger partial charge in [-0.05, 0) is 138 Å². The maximum atomic E-state index is 13.0. The van der Waals surface area contributed by atoms with Gasteiger partial charge in [0, 0.05) is 29.7 Å². The Hall–Kier alpha value is -3.55. The van der Waals surface area contributed by atoms with E-state index in [1.165, 1.54) is 56.1 Å². The van der Waals surface area contributed by atoms with Crippen molar-refractivity contribution in [3.63, 3.8) is 0 Å². The molecule has 4 rings (SSSR count). The van der Waals surface area contributed by atoms with Gasteiger partial charge >= 0.3 is 0 Å². The largest absolute Gasteiger partial charge is 0.337 e. The summed E-state index contributed by atoms with van der Waals surface area (Å²) in [7, 11) is 0. The first-order chi connectivity index (χ1) is 22.6. The van der Waals surface area contributed by atoms with E-state index in [-0.39, 0.29) is 11.7 Å². The summed E-state index contributed by atoms with van der Waals surface area (Å²) in [5, 5.41) is 6.25. The van der Waals surface area contributed by atoms with Crippen molar-refractivity contribution >= 4 is 40.1 Å². The summed E-state index contributed by atoms with van der Waals surface area (Å²) < 4.78 is 0. The molecule has 2 aromatic heterocycles. The van der Waals surface area contributed by atoms with E-state index in [0.29, 0.717) is 11.5 Å².